The number of nitrogens with zero attached hydrogens (tertiary/aromatic N) is 1. The SMILES string of the molecule is CS(=O)(=O)Nc1ccccc1C(=O)N1CCc2ccccc21. The second-order valence-corrected chi connectivity index (χ2v) is 7.00. The topological polar surface area (TPSA) is 66.5 Å². The lowest BCUT2D eigenvalue weighted by Crippen LogP contribution is -2.29. The van der Waals surface area contributed by atoms with Crippen LogP contribution in [0.5, 0.6) is 0 Å². The zero-order valence-electron chi connectivity index (χ0n) is 12.1. The Morgan fingerprint density at radius 1 is 1.09 bits per heavy atom. The van der Waals surface area contributed by atoms with Crippen molar-refractivity contribution in [1.29, 1.82) is 0 Å². The molecule has 1 heterocycles. The van der Waals surface area contributed by atoms with Crippen molar-refractivity contribution in [3.63, 3.8) is 0 Å². The van der Waals surface area contributed by atoms with Crippen molar-refractivity contribution in [3.8, 4) is 0 Å². The highest BCUT2D eigenvalue weighted by atomic mass is 32.2. The molecule has 0 spiro atoms. The number of para-hydroxylation sites is 2. The lowest BCUT2D eigenvalue weighted by atomic mass is 10.1. The monoisotopic (exact) mass is 316 g/mol. The summed E-state index contributed by atoms with van der Waals surface area (Å²) in [5.41, 5.74) is 2.68. The molecule has 0 radical (unpaired) electrons. The number of hydrogen-bond acceptors (Lipinski definition) is 3. The summed E-state index contributed by atoms with van der Waals surface area (Å²) in [5, 5.41) is 0. The van der Waals surface area contributed by atoms with Crippen LogP contribution in [-0.4, -0.2) is 27.1 Å². The lowest BCUT2D eigenvalue weighted by Gasteiger charge is -2.19. The lowest BCUT2D eigenvalue weighted by molar-refractivity contribution is 0.0990. The highest BCUT2D eigenvalue weighted by Crippen LogP contribution is 2.30. The van der Waals surface area contributed by atoms with Crippen LogP contribution in [0.1, 0.15) is 15.9 Å². The number of nitrogens with one attached hydrogen (secondary N) is 1. The predicted molar refractivity (Wildman–Crippen MR) is 86.7 cm³/mol. The highest BCUT2D eigenvalue weighted by molar-refractivity contribution is 7.92. The first-order chi connectivity index (χ1) is 10.5. The van der Waals surface area contributed by atoms with Crippen LogP contribution in [0.2, 0.25) is 0 Å². The smallest absolute Gasteiger partial charge is 0.260 e. The number of carbonyl (C=O) groups is 1. The van der Waals surface area contributed by atoms with E-state index in [1.807, 2.05) is 24.3 Å². The van der Waals surface area contributed by atoms with E-state index >= 15 is 0 Å². The van der Waals surface area contributed by atoms with Crippen LogP contribution in [0.15, 0.2) is 48.5 Å². The first-order valence-corrected chi connectivity index (χ1v) is 8.81. The first-order valence-electron chi connectivity index (χ1n) is 6.92. The van der Waals surface area contributed by atoms with E-state index in [-0.39, 0.29) is 5.91 Å². The maximum atomic E-state index is 12.8. The van der Waals surface area contributed by atoms with Gasteiger partial charge in [-0.15, -0.1) is 0 Å². The minimum atomic E-state index is -3.44. The van der Waals surface area contributed by atoms with E-state index in [0.717, 1.165) is 23.9 Å². The second kappa shape index (κ2) is 5.46. The molecule has 0 aliphatic carbocycles. The van der Waals surface area contributed by atoms with Crippen LogP contribution in [0, 0.1) is 0 Å². The van der Waals surface area contributed by atoms with Gasteiger partial charge in [-0.05, 0) is 30.2 Å². The van der Waals surface area contributed by atoms with E-state index in [9.17, 15) is 13.2 Å². The summed E-state index contributed by atoms with van der Waals surface area (Å²) in [6.07, 6.45) is 1.88. The summed E-state index contributed by atoms with van der Waals surface area (Å²) >= 11 is 0. The van der Waals surface area contributed by atoms with Gasteiger partial charge in [0.1, 0.15) is 0 Å². The Kier molecular flexibility index (Phi) is 3.62. The van der Waals surface area contributed by atoms with Gasteiger partial charge in [0.15, 0.2) is 0 Å². The van der Waals surface area contributed by atoms with Crippen molar-refractivity contribution >= 4 is 27.3 Å². The quantitative estimate of drug-likeness (QED) is 0.944. The Labute approximate surface area is 129 Å². The Morgan fingerprint density at radius 2 is 1.77 bits per heavy atom. The van der Waals surface area contributed by atoms with Crippen LogP contribution in [0.25, 0.3) is 0 Å². The molecule has 0 saturated carbocycles. The molecular weight excluding hydrogens is 300 g/mol. The van der Waals surface area contributed by atoms with Gasteiger partial charge in [0.05, 0.1) is 17.5 Å². The number of sulfonamides is 1. The fourth-order valence-electron chi connectivity index (χ4n) is 2.65. The van der Waals surface area contributed by atoms with Crippen LogP contribution in [-0.2, 0) is 16.4 Å². The van der Waals surface area contributed by atoms with Crippen molar-refractivity contribution in [2.45, 2.75) is 6.42 Å². The average Bonchev–Trinajstić information content (AvgIpc) is 2.89. The predicted octanol–water partition coefficient (Wildman–Crippen LogP) is 2.26. The van der Waals surface area contributed by atoms with Gasteiger partial charge in [-0.3, -0.25) is 9.52 Å². The van der Waals surface area contributed by atoms with E-state index in [2.05, 4.69) is 4.72 Å². The van der Waals surface area contributed by atoms with Gasteiger partial charge in [-0.1, -0.05) is 30.3 Å². The minimum Gasteiger partial charge on any atom is -0.308 e. The molecule has 1 N–H and O–H groups in total. The zero-order valence-corrected chi connectivity index (χ0v) is 12.9. The molecule has 114 valence electrons. The molecule has 2 aromatic carbocycles. The van der Waals surface area contributed by atoms with Crippen molar-refractivity contribution < 1.29 is 13.2 Å². The van der Waals surface area contributed by atoms with Gasteiger partial charge < -0.3 is 4.90 Å². The Morgan fingerprint density at radius 3 is 2.55 bits per heavy atom. The molecular formula is C16H16N2O3S. The normalized spacial score (nSPS) is 13.8. The summed E-state index contributed by atoms with van der Waals surface area (Å²) in [7, 11) is -3.44. The maximum Gasteiger partial charge on any atom is 0.260 e. The number of rotatable bonds is 3. The maximum absolute atomic E-state index is 12.8. The number of hydrogen-bond donors (Lipinski definition) is 1. The largest absolute Gasteiger partial charge is 0.308 e. The van der Waals surface area contributed by atoms with Crippen LogP contribution >= 0.6 is 0 Å². The van der Waals surface area contributed by atoms with E-state index in [4.69, 9.17) is 0 Å². The average molecular weight is 316 g/mol. The third-order valence-corrected chi connectivity index (χ3v) is 4.18. The second-order valence-electron chi connectivity index (χ2n) is 5.26. The molecule has 1 aliphatic heterocycles. The first kappa shape index (κ1) is 14.6. The molecule has 1 aliphatic rings. The summed E-state index contributed by atoms with van der Waals surface area (Å²) in [5.74, 6) is -0.197. The van der Waals surface area contributed by atoms with Crippen molar-refractivity contribution in [3.05, 3.63) is 59.7 Å². The van der Waals surface area contributed by atoms with Gasteiger partial charge in [-0.2, -0.15) is 0 Å². The summed E-state index contributed by atoms with van der Waals surface area (Å²) < 4.78 is 25.3. The third-order valence-electron chi connectivity index (χ3n) is 3.59. The van der Waals surface area contributed by atoms with Gasteiger partial charge in [0.25, 0.3) is 5.91 Å². The Balaban J connectivity index is 1.97. The Hall–Kier alpha value is -2.34. The molecule has 0 saturated heterocycles. The minimum absolute atomic E-state index is 0.197. The number of amides is 1. The number of fused-ring (bicyclic) bond motifs is 1. The molecule has 5 nitrogen and oxygen atoms in total. The molecule has 2 aromatic rings. The number of carbonyl (C=O) groups excluding carboxylic acids is 1. The van der Waals surface area contributed by atoms with Crippen LogP contribution in [0.3, 0.4) is 0 Å². The molecule has 0 fully saturated rings. The van der Waals surface area contributed by atoms with Crippen molar-refractivity contribution in [2.24, 2.45) is 0 Å². The molecule has 6 heteroatoms. The van der Waals surface area contributed by atoms with Crippen molar-refractivity contribution in [2.75, 3.05) is 22.4 Å². The standard InChI is InChI=1S/C16H16N2O3S/c1-22(20,21)17-14-8-4-3-7-13(14)16(19)18-11-10-12-6-2-5-9-15(12)18/h2-9,17H,10-11H2,1H3. The third kappa shape index (κ3) is 2.82. The van der Waals surface area contributed by atoms with E-state index in [0.29, 0.717) is 17.8 Å². The van der Waals surface area contributed by atoms with E-state index < -0.39 is 10.0 Å². The highest BCUT2D eigenvalue weighted by Gasteiger charge is 2.26. The molecule has 0 unspecified atom stereocenters. The molecule has 0 aromatic heterocycles. The summed E-state index contributed by atoms with van der Waals surface area (Å²) in [6.45, 7) is 0.603. The summed E-state index contributed by atoms with van der Waals surface area (Å²) in [6, 6.07) is 14.4. The van der Waals surface area contributed by atoms with Crippen LogP contribution < -0.4 is 9.62 Å². The number of anilines is 2. The molecule has 1 amide bonds. The van der Waals surface area contributed by atoms with Crippen molar-refractivity contribution in [1.82, 2.24) is 0 Å². The van der Waals surface area contributed by atoms with Gasteiger partial charge in [-0.25, -0.2) is 8.42 Å². The zero-order chi connectivity index (χ0) is 15.7. The number of benzene rings is 2. The summed E-state index contributed by atoms with van der Waals surface area (Å²) in [4.78, 5) is 14.5. The Bertz CT molecular complexity index is 831. The molecule has 22 heavy (non-hydrogen) atoms. The van der Waals surface area contributed by atoms with E-state index in [1.165, 1.54) is 0 Å². The van der Waals surface area contributed by atoms with Gasteiger partial charge in [0, 0.05) is 12.2 Å². The molecule has 0 bridgehead atoms. The van der Waals surface area contributed by atoms with Gasteiger partial charge >= 0.3 is 0 Å². The van der Waals surface area contributed by atoms with E-state index in [1.54, 1.807) is 29.2 Å². The van der Waals surface area contributed by atoms with Gasteiger partial charge in [0.2, 0.25) is 10.0 Å². The molecule has 0 atom stereocenters. The molecule has 3 rings (SSSR count). The fraction of sp³-hybridized carbons (Fsp3) is 0.188. The fourth-order valence-corrected chi connectivity index (χ4v) is 3.23. The van der Waals surface area contributed by atoms with Crippen LogP contribution in [0.4, 0.5) is 11.4 Å².